The van der Waals surface area contributed by atoms with Gasteiger partial charge in [0.2, 0.25) is 0 Å². The van der Waals surface area contributed by atoms with Crippen LogP contribution in [0.5, 0.6) is 0 Å². The van der Waals surface area contributed by atoms with E-state index in [4.69, 9.17) is 0 Å². The summed E-state index contributed by atoms with van der Waals surface area (Å²) in [6, 6.07) is 2.62. The summed E-state index contributed by atoms with van der Waals surface area (Å²) in [5.74, 6) is -4.24. The molecule has 0 aliphatic rings. The van der Waals surface area contributed by atoms with Crippen LogP contribution in [0.15, 0.2) is 49.3 Å². The molecule has 0 bridgehead atoms. The second-order valence-corrected chi connectivity index (χ2v) is 15.2. The van der Waals surface area contributed by atoms with Crippen LogP contribution in [0.3, 0.4) is 0 Å². The molecule has 0 saturated heterocycles. The number of nitrogens with one attached hydrogen (secondary N) is 2. The Morgan fingerprint density at radius 3 is 1.33 bits per heavy atom. The molecule has 0 aromatic carbocycles. The van der Waals surface area contributed by atoms with Crippen molar-refractivity contribution in [2.24, 2.45) is 22.7 Å². The Morgan fingerprint density at radius 2 is 1.00 bits per heavy atom. The van der Waals surface area contributed by atoms with Crippen molar-refractivity contribution in [3.05, 3.63) is 84.0 Å². The number of aromatic nitrogens is 8. The van der Waals surface area contributed by atoms with E-state index in [1.807, 2.05) is 41.5 Å². The van der Waals surface area contributed by atoms with Crippen molar-refractivity contribution in [2.75, 3.05) is 0 Å². The number of H-pyrrole nitrogens is 2. The molecule has 6 N–H and O–H groups in total. The van der Waals surface area contributed by atoms with E-state index in [0.717, 1.165) is 24.8 Å². The number of carboxylic acid groups (broad SMARTS) is 2. The van der Waals surface area contributed by atoms with Crippen LogP contribution in [0.1, 0.15) is 65.8 Å². The van der Waals surface area contributed by atoms with Gasteiger partial charge in [0.05, 0.1) is 36.2 Å². The minimum absolute atomic E-state index is 0. The molecule has 292 valence electrons. The molecule has 0 saturated carbocycles. The number of aliphatic carboxylic acids is 2. The zero-order chi connectivity index (χ0) is 39.5. The summed E-state index contributed by atoms with van der Waals surface area (Å²) in [6.45, 7) is 11.5. The molecule has 55 heavy (non-hydrogen) atoms. The van der Waals surface area contributed by atoms with Gasteiger partial charge in [-0.1, -0.05) is 41.5 Å². The minimum atomic E-state index is -0.942. The van der Waals surface area contributed by atoms with Gasteiger partial charge in [0.25, 0.3) is 0 Å². The van der Waals surface area contributed by atoms with E-state index in [1.165, 1.54) is 12.1 Å². The fourth-order valence-electron chi connectivity index (χ4n) is 5.93. The number of carboxylic acids is 2. The standard InChI is InChI=1S/2C19H20F2N4O2.H2O/c2*1-19(2,3)10(5-16(26)27)4-15-14(21)9-24-18(25-15)13-8-23-17-12(13)6-11(20)7-22-17;/h2*6-10H,4-5H2,1-3H3,(H,22,23)(H,26,27);1H2/t2*10-;/m11./s1. The fourth-order valence-corrected chi connectivity index (χ4v) is 5.93. The van der Waals surface area contributed by atoms with Crippen LogP contribution >= 0.6 is 0 Å². The highest BCUT2D eigenvalue weighted by Gasteiger charge is 2.30. The number of hydrogen-bond acceptors (Lipinski definition) is 8. The molecule has 17 heteroatoms. The summed E-state index contributed by atoms with van der Waals surface area (Å²) >= 11 is 0. The Morgan fingerprint density at radius 1 is 0.636 bits per heavy atom. The van der Waals surface area contributed by atoms with Crippen molar-refractivity contribution in [3.8, 4) is 22.8 Å². The third-order valence-electron chi connectivity index (χ3n) is 9.28. The van der Waals surface area contributed by atoms with Crippen molar-refractivity contribution >= 4 is 34.0 Å². The first-order chi connectivity index (χ1) is 25.3. The van der Waals surface area contributed by atoms with E-state index in [2.05, 4.69) is 39.9 Å². The zero-order valence-electron chi connectivity index (χ0n) is 31.0. The first-order valence-electron chi connectivity index (χ1n) is 17.0. The number of nitrogens with zero attached hydrogens (tertiary/aromatic N) is 6. The fraction of sp³-hybridized carbons (Fsp3) is 0.368. The number of rotatable bonds is 10. The Balaban J connectivity index is 0.000000240. The van der Waals surface area contributed by atoms with Gasteiger partial charge in [-0.05, 0) is 47.6 Å². The molecule has 6 heterocycles. The van der Waals surface area contributed by atoms with Gasteiger partial charge in [-0.2, -0.15) is 0 Å². The second-order valence-electron chi connectivity index (χ2n) is 15.2. The molecule has 13 nitrogen and oxygen atoms in total. The third-order valence-corrected chi connectivity index (χ3v) is 9.28. The molecular weight excluding hydrogens is 724 g/mol. The normalized spacial score (nSPS) is 12.8. The van der Waals surface area contributed by atoms with Crippen molar-refractivity contribution in [1.29, 1.82) is 0 Å². The highest BCUT2D eigenvalue weighted by molar-refractivity contribution is 5.92. The lowest BCUT2D eigenvalue weighted by Crippen LogP contribution is -2.26. The van der Waals surface area contributed by atoms with Gasteiger partial charge in [0.15, 0.2) is 23.3 Å². The van der Waals surface area contributed by atoms with Gasteiger partial charge in [-0.25, -0.2) is 47.5 Å². The van der Waals surface area contributed by atoms with E-state index in [9.17, 15) is 37.4 Å². The predicted octanol–water partition coefficient (Wildman–Crippen LogP) is 7.13. The van der Waals surface area contributed by atoms with Crippen molar-refractivity contribution in [2.45, 2.75) is 67.2 Å². The molecule has 0 aliphatic carbocycles. The average Bonchev–Trinajstić information content (AvgIpc) is 3.69. The summed E-state index contributed by atoms with van der Waals surface area (Å²) in [5.41, 5.74) is 1.54. The smallest absolute Gasteiger partial charge is 0.303 e. The molecular formula is C38H42F4N8O5. The summed E-state index contributed by atoms with van der Waals surface area (Å²) in [4.78, 5) is 52.8. The summed E-state index contributed by atoms with van der Waals surface area (Å²) in [7, 11) is 0. The van der Waals surface area contributed by atoms with Gasteiger partial charge in [0, 0.05) is 47.1 Å². The number of hydrogen-bond donors (Lipinski definition) is 4. The number of fused-ring (bicyclic) bond motifs is 2. The summed E-state index contributed by atoms with van der Waals surface area (Å²) < 4.78 is 55.7. The van der Waals surface area contributed by atoms with Crippen LogP contribution in [-0.2, 0) is 22.4 Å². The van der Waals surface area contributed by atoms with Crippen LogP contribution in [0.4, 0.5) is 17.6 Å². The first kappa shape index (κ1) is 41.9. The molecule has 0 fully saturated rings. The number of carbonyl (C=O) groups is 2. The molecule has 6 aromatic heterocycles. The highest BCUT2D eigenvalue weighted by Crippen LogP contribution is 2.34. The van der Waals surface area contributed by atoms with Crippen LogP contribution in [0.25, 0.3) is 44.8 Å². The number of aromatic amines is 2. The molecule has 0 aliphatic heterocycles. The van der Waals surface area contributed by atoms with E-state index in [0.29, 0.717) is 33.2 Å². The van der Waals surface area contributed by atoms with Crippen LogP contribution in [0, 0.1) is 45.9 Å². The maximum atomic E-state index is 14.3. The Labute approximate surface area is 313 Å². The first-order valence-corrected chi connectivity index (χ1v) is 17.0. The maximum Gasteiger partial charge on any atom is 0.303 e. The SMILES string of the molecule is CC(C)(C)[C@@H](CC(=O)O)Cc1nc(-c2c[nH]c3ncc(F)cc23)ncc1F.CC(C)(C)[C@@H](CC(=O)O)Cc1nc(-c2c[nH]c3ncc(F)cc23)ncc1F.O. The lowest BCUT2D eigenvalue weighted by atomic mass is 9.76. The van der Waals surface area contributed by atoms with Gasteiger partial charge in [0.1, 0.15) is 22.9 Å². The summed E-state index contributed by atoms with van der Waals surface area (Å²) in [5, 5.41) is 19.3. The second kappa shape index (κ2) is 16.7. The molecule has 6 aromatic rings. The quantitative estimate of drug-likeness (QED) is 0.103. The Bertz CT molecular complexity index is 2160. The van der Waals surface area contributed by atoms with Crippen molar-refractivity contribution in [1.82, 2.24) is 39.9 Å². The lowest BCUT2D eigenvalue weighted by molar-refractivity contribution is -0.140. The molecule has 0 amide bonds. The van der Waals surface area contributed by atoms with Gasteiger partial charge < -0.3 is 25.7 Å². The van der Waals surface area contributed by atoms with Crippen molar-refractivity contribution < 1.29 is 42.8 Å². The maximum absolute atomic E-state index is 14.3. The van der Waals surface area contributed by atoms with Crippen LogP contribution in [0.2, 0.25) is 0 Å². The van der Waals surface area contributed by atoms with E-state index in [1.54, 1.807) is 12.4 Å². The van der Waals surface area contributed by atoms with Gasteiger partial charge in [-0.15, -0.1) is 0 Å². The van der Waals surface area contributed by atoms with Crippen LogP contribution in [-0.4, -0.2) is 67.5 Å². The highest BCUT2D eigenvalue weighted by atomic mass is 19.1. The number of halogens is 4. The largest absolute Gasteiger partial charge is 0.481 e. The predicted molar refractivity (Wildman–Crippen MR) is 195 cm³/mol. The van der Waals surface area contributed by atoms with Gasteiger partial charge in [-0.3, -0.25) is 9.59 Å². The van der Waals surface area contributed by atoms with Crippen LogP contribution < -0.4 is 0 Å². The molecule has 2 atom stereocenters. The topological polar surface area (TPSA) is 215 Å². The van der Waals surface area contributed by atoms with E-state index >= 15 is 0 Å². The van der Waals surface area contributed by atoms with Gasteiger partial charge >= 0.3 is 11.9 Å². The third kappa shape index (κ3) is 10.2. The van der Waals surface area contributed by atoms with Crippen molar-refractivity contribution in [3.63, 3.8) is 0 Å². The Kier molecular flexibility index (Phi) is 12.7. The average molecular weight is 767 g/mol. The lowest BCUT2D eigenvalue weighted by Gasteiger charge is -2.29. The number of pyridine rings is 2. The summed E-state index contributed by atoms with van der Waals surface area (Å²) in [6.07, 6.45) is 7.62. The zero-order valence-corrected chi connectivity index (χ0v) is 31.0. The van der Waals surface area contributed by atoms with E-state index < -0.39 is 35.2 Å². The monoisotopic (exact) mass is 766 g/mol. The Hall–Kier alpha value is -5.84. The molecule has 0 unspecified atom stereocenters. The minimum Gasteiger partial charge on any atom is -0.481 e. The molecule has 6 rings (SSSR count). The molecule has 0 radical (unpaired) electrons. The molecule has 0 spiro atoms. The van der Waals surface area contributed by atoms with E-state index in [-0.39, 0.29) is 76.9 Å².